The lowest BCUT2D eigenvalue weighted by atomic mass is 10.1. The number of rotatable bonds is 6. The van der Waals surface area contributed by atoms with Crippen molar-refractivity contribution in [3.05, 3.63) is 71.5 Å². The third-order valence-corrected chi connectivity index (χ3v) is 6.07. The van der Waals surface area contributed by atoms with E-state index < -0.39 is 12.2 Å². The molecule has 11 nitrogen and oxygen atoms in total. The Morgan fingerprint density at radius 3 is 2.56 bits per heavy atom. The third-order valence-electron chi connectivity index (χ3n) is 5.73. The highest BCUT2D eigenvalue weighted by Crippen LogP contribution is 2.29. The van der Waals surface area contributed by atoms with E-state index in [1.54, 1.807) is 15.8 Å². The number of tetrazole rings is 2. The number of halogens is 1. The SMILES string of the molecule is O=C(OC(Cn1ncnn1)c1ccccc1Cl)N1CCC(n2nnc(-c3ccccc3)n2)CC1. The van der Waals surface area contributed by atoms with Crippen LogP contribution in [0.1, 0.15) is 30.6 Å². The molecular weight excluding hydrogens is 458 g/mol. The quantitative estimate of drug-likeness (QED) is 0.414. The molecule has 0 aliphatic carbocycles. The van der Waals surface area contributed by atoms with Crippen molar-refractivity contribution < 1.29 is 9.53 Å². The van der Waals surface area contributed by atoms with Gasteiger partial charge in [-0.2, -0.15) is 9.59 Å². The molecule has 3 heterocycles. The van der Waals surface area contributed by atoms with E-state index in [0.717, 1.165) is 5.56 Å². The summed E-state index contributed by atoms with van der Waals surface area (Å²) in [6.45, 7) is 1.24. The first-order valence-corrected chi connectivity index (χ1v) is 11.3. The highest BCUT2D eigenvalue weighted by Gasteiger charge is 2.29. The molecule has 0 saturated carbocycles. The van der Waals surface area contributed by atoms with E-state index >= 15 is 0 Å². The standard InChI is InChI=1S/C22H22ClN9O2/c23-19-9-5-4-8-18(19)20(14-31-25-15-24-28-31)34-22(33)30-12-10-17(11-13-30)32-27-21(26-29-32)16-6-2-1-3-7-16/h1-9,15,17,20H,10-14H2. The fourth-order valence-electron chi connectivity index (χ4n) is 3.91. The van der Waals surface area contributed by atoms with Crippen molar-refractivity contribution in [3.8, 4) is 11.4 Å². The van der Waals surface area contributed by atoms with Crippen LogP contribution < -0.4 is 0 Å². The maximum atomic E-state index is 13.0. The van der Waals surface area contributed by atoms with Gasteiger partial charge in [0.2, 0.25) is 5.82 Å². The first-order chi connectivity index (χ1) is 16.7. The zero-order valence-corrected chi connectivity index (χ0v) is 18.9. The fraction of sp³-hybridized carbons (Fsp3) is 0.318. The Bertz CT molecular complexity index is 1220. The highest BCUT2D eigenvalue weighted by atomic mass is 35.5. The number of benzene rings is 2. The lowest BCUT2D eigenvalue weighted by Crippen LogP contribution is -2.40. The van der Waals surface area contributed by atoms with Gasteiger partial charge in [0.1, 0.15) is 6.54 Å². The van der Waals surface area contributed by atoms with Crippen molar-refractivity contribution in [2.45, 2.75) is 31.5 Å². The van der Waals surface area contributed by atoms with Crippen LogP contribution in [-0.2, 0) is 11.3 Å². The smallest absolute Gasteiger partial charge is 0.410 e. The van der Waals surface area contributed by atoms with E-state index in [9.17, 15) is 4.79 Å². The van der Waals surface area contributed by atoms with Gasteiger partial charge >= 0.3 is 6.09 Å². The Balaban J connectivity index is 1.22. The van der Waals surface area contributed by atoms with Crippen LogP contribution in [0.25, 0.3) is 11.4 Å². The number of carbonyl (C=O) groups is 1. The van der Waals surface area contributed by atoms with Gasteiger partial charge in [0, 0.05) is 29.2 Å². The van der Waals surface area contributed by atoms with Gasteiger partial charge in [0.05, 0.1) is 6.04 Å². The van der Waals surface area contributed by atoms with Crippen LogP contribution in [0.15, 0.2) is 60.9 Å². The maximum absolute atomic E-state index is 13.0. The van der Waals surface area contributed by atoms with Crippen molar-refractivity contribution in [1.82, 2.24) is 45.3 Å². The Hall–Kier alpha value is -3.86. The molecule has 0 N–H and O–H groups in total. The number of amides is 1. The van der Waals surface area contributed by atoms with Crippen LogP contribution in [0.2, 0.25) is 5.02 Å². The Morgan fingerprint density at radius 2 is 1.82 bits per heavy atom. The summed E-state index contributed by atoms with van der Waals surface area (Å²) in [6.07, 6.45) is 1.65. The number of hydrogen-bond donors (Lipinski definition) is 0. The summed E-state index contributed by atoms with van der Waals surface area (Å²) in [4.78, 5) is 17.7. The van der Waals surface area contributed by atoms with E-state index in [-0.39, 0.29) is 12.6 Å². The van der Waals surface area contributed by atoms with Crippen molar-refractivity contribution >= 4 is 17.7 Å². The molecule has 1 aliphatic rings. The van der Waals surface area contributed by atoms with Crippen molar-refractivity contribution in [2.24, 2.45) is 0 Å². The van der Waals surface area contributed by atoms with Crippen molar-refractivity contribution in [1.29, 1.82) is 0 Å². The third kappa shape index (κ3) is 4.88. The van der Waals surface area contributed by atoms with E-state index in [1.807, 2.05) is 48.5 Å². The molecule has 4 aromatic rings. The van der Waals surface area contributed by atoms with Crippen LogP contribution in [-0.4, -0.2) is 64.5 Å². The summed E-state index contributed by atoms with van der Waals surface area (Å²) >= 11 is 6.37. The van der Waals surface area contributed by atoms with Gasteiger partial charge in [0.25, 0.3) is 0 Å². The molecule has 1 saturated heterocycles. The number of likely N-dealkylation sites (tertiary alicyclic amines) is 1. The summed E-state index contributed by atoms with van der Waals surface area (Å²) < 4.78 is 5.86. The second kappa shape index (κ2) is 9.96. The van der Waals surface area contributed by atoms with Gasteiger partial charge < -0.3 is 9.64 Å². The molecule has 174 valence electrons. The molecule has 2 aromatic heterocycles. The fourth-order valence-corrected chi connectivity index (χ4v) is 4.17. The van der Waals surface area contributed by atoms with Crippen LogP contribution in [0.4, 0.5) is 4.79 Å². The minimum absolute atomic E-state index is 0.0627. The Labute approximate surface area is 200 Å². The van der Waals surface area contributed by atoms with Gasteiger partial charge in [-0.15, -0.1) is 20.4 Å². The van der Waals surface area contributed by atoms with Gasteiger partial charge in [-0.3, -0.25) is 0 Å². The first-order valence-electron chi connectivity index (χ1n) is 10.9. The molecular formula is C22H22ClN9O2. The summed E-state index contributed by atoms with van der Waals surface area (Å²) in [5.74, 6) is 0.590. The molecule has 5 rings (SSSR count). The average molecular weight is 480 g/mol. The van der Waals surface area contributed by atoms with Gasteiger partial charge in [-0.25, -0.2) is 4.79 Å². The summed E-state index contributed by atoms with van der Waals surface area (Å²) in [5, 5.41) is 25.1. The van der Waals surface area contributed by atoms with Gasteiger partial charge in [-0.05, 0) is 29.3 Å². The average Bonchev–Trinajstić information content (AvgIpc) is 3.57. The van der Waals surface area contributed by atoms with Crippen molar-refractivity contribution in [2.75, 3.05) is 13.1 Å². The Morgan fingerprint density at radius 1 is 1.06 bits per heavy atom. The zero-order valence-electron chi connectivity index (χ0n) is 18.2. The van der Waals surface area contributed by atoms with E-state index in [2.05, 4.69) is 30.8 Å². The summed E-state index contributed by atoms with van der Waals surface area (Å²) in [6, 6.07) is 17.0. The maximum Gasteiger partial charge on any atom is 0.410 e. The predicted octanol–water partition coefficient (Wildman–Crippen LogP) is 3.20. The van der Waals surface area contributed by atoms with E-state index in [1.165, 1.54) is 11.1 Å². The molecule has 1 fully saturated rings. The minimum atomic E-state index is -0.654. The number of hydrogen-bond acceptors (Lipinski definition) is 8. The van der Waals surface area contributed by atoms with Gasteiger partial charge in [0.15, 0.2) is 12.4 Å². The molecule has 1 amide bonds. The zero-order chi connectivity index (χ0) is 23.3. The highest BCUT2D eigenvalue weighted by molar-refractivity contribution is 6.31. The number of nitrogens with zero attached hydrogens (tertiary/aromatic N) is 9. The lowest BCUT2D eigenvalue weighted by molar-refractivity contribution is 0.0413. The lowest BCUT2D eigenvalue weighted by Gasteiger charge is -2.31. The van der Waals surface area contributed by atoms with E-state index in [0.29, 0.717) is 42.3 Å². The largest absolute Gasteiger partial charge is 0.439 e. The van der Waals surface area contributed by atoms with Crippen molar-refractivity contribution in [3.63, 3.8) is 0 Å². The molecule has 0 spiro atoms. The van der Waals surface area contributed by atoms with Crippen LogP contribution in [0.5, 0.6) is 0 Å². The van der Waals surface area contributed by atoms with Crippen LogP contribution >= 0.6 is 11.6 Å². The number of carbonyl (C=O) groups excluding carboxylic acids is 1. The molecule has 2 aromatic carbocycles. The predicted molar refractivity (Wildman–Crippen MR) is 122 cm³/mol. The molecule has 1 aliphatic heterocycles. The van der Waals surface area contributed by atoms with Crippen LogP contribution in [0.3, 0.4) is 0 Å². The molecule has 0 bridgehead atoms. The monoisotopic (exact) mass is 479 g/mol. The molecule has 12 heteroatoms. The summed E-state index contributed by atoms with van der Waals surface area (Å²) in [5.41, 5.74) is 1.60. The minimum Gasteiger partial charge on any atom is -0.439 e. The number of piperidine rings is 1. The summed E-state index contributed by atoms with van der Waals surface area (Å²) in [7, 11) is 0. The molecule has 0 radical (unpaired) electrons. The van der Waals surface area contributed by atoms with E-state index in [4.69, 9.17) is 16.3 Å². The molecule has 1 atom stereocenters. The second-order valence-corrected chi connectivity index (χ2v) is 8.31. The topological polar surface area (TPSA) is 117 Å². The molecule has 1 unspecified atom stereocenters. The second-order valence-electron chi connectivity index (χ2n) is 7.90. The number of aromatic nitrogens is 8. The first kappa shape index (κ1) is 22.0. The number of ether oxygens (including phenoxy) is 1. The Kier molecular flexibility index (Phi) is 6.43. The molecule has 34 heavy (non-hydrogen) atoms. The van der Waals surface area contributed by atoms with Crippen LogP contribution in [0, 0.1) is 0 Å². The normalized spacial score (nSPS) is 15.3. The van der Waals surface area contributed by atoms with Gasteiger partial charge in [-0.1, -0.05) is 60.1 Å².